The number of nitrogens with zero attached hydrogens (tertiary/aromatic N) is 1. The Morgan fingerprint density at radius 2 is 1.43 bits per heavy atom. The zero-order valence-electron chi connectivity index (χ0n) is 20.3. The molecule has 1 heterocycles. The molecule has 6 heteroatoms. The van der Waals surface area contributed by atoms with E-state index in [-0.39, 0.29) is 17.7 Å². The van der Waals surface area contributed by atoms with E-state index in [1.54, 1.807) is 32.4 Å². The third-order valence-corrected chi connectivity index (χ3v) is 6.64. The largest absolute Gasteiger partial charge is 0.493 e. The summed E-state index contributed by atoms with van der Waals surface area (Å²) in [5, 5.41) is 3.04. The number of benzene rings is 3. The van der Waals surface area contributed by atoms with E-state index in [0.717, 1.165) is 24.0 Å². The van der Waals surface area contributed by atoms with Gasteiger partial charge in [-0.25, -0.2) is 0 Å². The van der Waals surface area contributed by atoms with Crippen LogP contribution < -0.4 is 14.8 Å². The molecular weight excluding hydrogens is 440 g/mol. The number of hydrogen-bond acceptors (Lipinski definition) is 4. The van der Waals surface area contributed by atoms with Crippen molar-refractivity contribution in [1.82, 2.24) is 10.2 Å². The van der Waals surface area contributed by atoms with E-state index in [0.29, 0.717) is 42.6 Å². The van der Waals surface area contributed by atoms with Gasteiger partial charge in [0, 0.05) is 25.2 Å². The van der Waals surface area contributed by atoms with Gasteiger partial charge in [0.15, 0.2) is 11.5 Å². The number of piperidine rings is 1. The van der Waals surface area contributed by atoms with Crippen LogP contribution in [-0.4, -0.2) is 50.6 Å². The molecule has 1 saturated heterocycles. The van der Waals surface area contributed by atoms with Crippen LogP contribution in [0, 0.1) is 5.92 Å². The van der Waals surface area contributed by atoms with E-state index in [1.807, 2.05) is 65.6 Å². The van der Waals surface area contributed by atoms with E-state index in [2.05, 4.69) is 5.32 Å². The molecule has 0 unspecified atom stereocenters. The van der Waals surface area contributed by atoms with Crippen molar-refractivity contribution in [2.24, 2.45) is 5.92 Å². The number of likely N-dealkylation sites (tertiary alicyclic amines) is 1. The van der Waals surface area contributed by atoms with E-state index < -0.39 is 0 Å². The lowest BCUT2D eigenvalue weighted by Crippen LogP contribution is -2.43. The van der Waals surface area contributed by atoms with Crippen molar-refractivity contribution in [1.29, 1.82) is 0 Å². The van der Waals surface area contributed by atoms with Gasteiger partial charge in [0.2, 0.25) is 5.91 Å². The third-order valence-electron chi connectivity index (χ3n) is 6.64. The van der Waals surface area contributed by atoms with Crippen molar-refractivity contribution in [3.63, 3.8) is 0 Å². The standard InChI is InChI=1S/C29H32N2O4/c1-34-25-14-13-24(19-26(25)35-2)28(32)30-20-21-15-17-31(18-16-21)29(33)27(22-9-5-3-6-10-22)23-11-7-4-8-12-23/h3-14,19,21,27H,15-18,20H2,1-2H3,(H,30,32). The first-order chi connectivity index (χ1) is 17.1. The third kappa shape index (κ3) is 5.83. The van der Waals surface area contributed by atoms with Crippen molar-refractivity contribution in [2.75, 3.05) is 33.9 Å². The van der Waals surface area contributed by atoms with Gasteiger partial charge in [-0.1, -0.05) is 60.7 Å². The fraction of sp³-hybridized carbons (Fsp3) is 0.310. The summed E-state index contributed by atoms with van der Waals surface area (Å²) < 4.78 is 10.5. The number of amides is 2. The maximum absolute atomic E-state index is 13.6. The van der Waals surface area contributed by atoms with Gasteiger partial charge in [-0.05, 0) is 48.1 Å². The van der Waals surface area contributed by atoms with Crippen molar-refractivity contribution >= 4 is 11.8 Å². The molecule has 4 rings (SSSR count). The van der Waals surface area contributed by atoms with Gasteiger partial charge in [0.05, 0.1) is 20.1 Å². The average molecular weight is 473 g/mol. The van der Waals surface area contributed by atoms with Crippen LogP contribution in [0.25, 0.3) is 0 Å². The summed E-state index contributed by atoms with van der Waals surface area (Å²) in [7, 11) is 3.12. The summed E-state index contributed by atoms with van der Waals surface area (Å²) in [5.41, 5.74) is 2.55. The highest BCUT2D eigenvalue weighted by Crippen LogP contribution is 2.30. The van der Waals surface area contributed by atoms with Gasteiger partial charge in [-0.3, -0.25) is 9.59 Å². The van der Waals surface area contributed by atoms with Crippen LogP contribution in [0.5, 0.6) is 11.5 Å². The number of carbonyl (C=O) groups is 2. The zero-order valence-corrected chi connectivity index (χ0v) is 20.3. The molecule has 2 amide bonds. The van der Waals surface area contributed by atoms with Crippen LogP contribution in [0.3, 0.4) is 0 Å². The molecule has 1 aliphatic heterocycles. The molecule has 0 saturated carbocycles. The number of carbonyl (C=O) groups excluding carboxylic acids is 2. The Bertz CT molecular complexity index is 1090. The Balaban J connectivity index is 1.35. The fourth-order valence-corrected chi connectivity index (χ4v) is 4.63. The second kappa shape index (κ2) is 11.6. The van der Waals surface area contributed by atoms with Crippen LogP contribution in [0.4, 0.5) is 0 Å². The predicted octanol–water partition coefficient (Wildman–Crippen LogP) is 4.50. The van der Waals surface area contributed by atoms with Crippen LogP contribution in [0.1, 0.15) is 40.2 Å². The second-order valence-corrected chi connectivity index (χ2v) is 8.80. The molecule has 1 N–H and O–H groups in total. The summed E-state index contributed by atoms with van der Waals surface area (Å²) in [6, 6.07) is 25.1. The molecule has 6 nitrogen and oxygen atoms in total. The first-order valence-electron chi connectivity index (χ1n) is 12.0. The summed E-state index contributed by atoms with van der Waals surface area (Å²) >= 11 is 0. The Labute approximate surface area is 206 Å². The average Bonchev–Trinajstić information content (AvgIpc) is 2.93. The molecule has 0 aliphatic carbocycles. The molecule has 0 bridgehead atoms. The van der Waals surface area contributed by atoms with Gasteiger partial charge in [0.25, 0.3) is 5.91 Å². The molecular formula is C29H32N2O4. The van der Waals surface area contributed by atoms with E-state index >= 15 is 0 Å². The molecule has 0 aromatic heterocycles. The number of hydrogen-bond donors (Lipinski definition) is 1. The molecule has 182 valence electrons. The molecule has 1 aliphatic rings. The minimum absolute atomic E-state index is 0.134. The summed E-state index contributed by atoms with van der Waals surface area (Å²) in [6.45, 7) is 1.95. The minimum atomic E-state index is -0.307. The number of methoxy groups -OCH3 is 2. The number of ether oxygens (including phenoxy) is 2. The Morgan fingerprint density at radius 3 is 1.97 bits per heavy atom. The summed E-state index contributed by atoms with van der Waals surface area (Å²) in [4.78, 5) is 28.2. The first-order valence-corrected chi connectivity index (χ1v) is 12.0. The van der Waals surface area contributed by atoms with Gasteiger partial charge in [0.1, 0.15) is 0 Å². The van der Waals surface area contributed by atoms with Crippen LogP contribution >= 0.6 is 0 Å². The van der Waals surface area contributed by atoms with Gasteiger partial charge in [-0.2, -0.15) is 0 Å². The maximum atomic E-state index is 13.6. The highest BCUT2D eigenvalue weighted by Gasteiger charge is 2.30. The Hall–Kier alpha value is -3.80. The highest BCUT2D eigenvalue weighted by molar-refractivity contribution is 5.94. The fourth-order valence-electron chi connectivity index (χ4n) is 4.63. The first kappa shape index (κ1) is 24.3. The SMILES string of the molecule is COc1ccc(C(=O)NCC2CCN(C(=O)C(c3ccccc3)c3ccccc3)CC2)cc1OC. The monoisotopic (exact) mass is 472 g/mol. The quantitative estimate of drug-likeness (QED) is 0.524. The molecule has 0 atom stereocenters. The van der Waals surface area contributed by atoms with Crippen LogP contribution in [0.2, 0.25) is 0 Å². The molecule has 0 spiro atoms. The normalized spacial score (nSPS) is 14.0. The lowest BCUT2D eigenvalue weighted by atomic mass is 9.88. The van der Waals surface area contributed by atoms with Crippen molar-refractivity contribution in [3.05, 3.63) is 95.6 Å². The minimum Gasteiger partial charge on any atom is -0.493 e. The lowest BCUT2D eigenvalue weighted by molar-refractivity contribution is -0.133. The Morgan fingerprint density at radius 1 is 0.857 bits per heavy atom. The summed E-state index contributed by atoms with van der Waals surface area (Å²) in [6.07, 6.45) is 1.71. The van der Waals surface area contributed by atoms with Crippen LogP contribution in [-0.2, 0) is 4.79 Å². The Kier molecular flexibility index (Phi) is 8.03. The van der Waals surface area contributed by atoms with E-state index in [1.165, 1.54) is 0 Å². The van der Waals surface area contributed by atoms with Gasteiger partial charge >= 0.3 is 0 Å². The number of nitrogens with one attached hydrogen (secondary N) is 1. The van der Waals surface area contributed by atoms with E-state index in [4.69, 9.17) is 9.47 Å². The predicted molar refractivity (Wildman–Crippen MR) is 136 cm³/mol. The molecule has 3 aromatic rings. The molecule has 0 radical (unpaired) electrons. The summed E-state index contributed by atoms with van der Waals surface area (Å²) in [5.74, 6) is 1.13. The second-order valence-electron chi connectivity index (χ2n) is 8.80. The van der Waals surface area contributed by atoms with E-state index in [9.17, 15) is 9.59 Å². The van der Waals surface area contributed by atoms with Crippen LogP contribution in [0.15, 0.2) is 78.9 Å². The van der Waals surface area contributed by atoms with Crippen molar-refractivity contribution in [2.45, 2.75) is 18.8 Å². The van der Waals surface area contributed by atoms with Crippen molar-refractivity contribution < 1.29 is 19.1 Å². The van der Waals surface area contributed by atoms with Gasteiger partial charge in [-0.15, -0.1) is 0 Å². The van der Waals surface area contributed by atoms with Crippen molar-refractivity contribution in [3.8, 4) is 11.5 Å². The molecule has 1 fully saturated rings. The van der Waals surface area contributed by atoms with Gasteiger partial charge < -0.3 is 19.7 Å². The maximum Gasteiger partial charge on any atom is 0.251 e. The smallest absolute Gasteiger partial charge is 0.251 e. The molecule has 3 aromatic carbocycles. The highest BCUT2D eigenvalue weighted by atomic mass is 16.5. The molecule has 35 heavy (non-hydrogen) atoms. The zero-order chi connectivity index (χ0) is 24.6. The lowest BCUT2D eigenvalue weighted by Gasteiger charge is -2.34. The topological polar surface area (TPSA) is 67.9 Å². The number of rotatable bonds is 8.